The molecule has 0 bridgehead atoms. The fourth-order valence-corrected chi connectivity index (χ4v) is 3.27. The minimum Gasteiger partial charge on any atom is -0.352 e. The number of hydrogen-bond donors (Lipinski definition) is 1. The summed E-state index contributed by atoms with van der Waals surface area (Å²) >= 11 is 0. The van der Waals surface area contributed by atoms with E-state index in [1.165, 1.54) is 11.1 Å². The quantitative estimate of drug-likeness (QED) is 0.853. The molecule has 0 saturated carbocycles. The smallest absolute Gasteiger partial charge is 0.225 e. The number of anilines is 2. The van der Waals surface area contributed by atoms with Crippen LogP contribution in [0.1, 0.15) is 63.8 Å². The Morgan fingerprint density at radius 2 is 1.88 bits per heavy atom. The van der Waals surface area contributed by atoms with Gasteiger partial charge < -0.3 is 10.2 Å². The van der Waals surface area contributed by atoms with Gasteiger partial charge in [0, 0.05) is 24.7 Å². The maximum atomic E-state index is 4.85. The molecule has 1 aromatic carbocycles. The second-order valence-electron chi connectivity index (χ2n) is 7.53. The van der Waals surface area contributed by atoms with Crippen LogP contribution in [0, 0.1) is 0 Å². The zero-order valence-electron chi connectivity index (χ0n) is 16.1. The normalized spacial score (nSPS) is 18.2. The number of benzene rings is 1. The molecule has 0 fully saturated rings. The highest BCUT2D eigenvalue weighted by Crippen LogP contribution is 2.29. The van der Waals surface area contributed by atoms with Gasteiger partial charge in [-0.3, -0.25) is 0 Å². The zero-order valence-corrected chi connectivity index (χ0v) is 16.1. The van der Waals surface area contributed by atoms with Gasteiger partial charge >= 0.3 is 0 Å². The first-order chi connectivity index (χ1) is 12.0. The molecule has 0 aliphatic carbocycles. The Bertz CT molecular complexity index is 726. The third-order valence-corrected chi connectivity index (χ3v) is 5.11. The van der Waals surface area contributed by atoms with E-state index >= 15 is 0 Å². The fraction of sp³-hybridized carbons (Fsp3) is 0.524. The summed E-state index contributed by atoms with van der Waals surface area (Å²) in [7, 11) is 0. The molecule has 1 N–H and O–H groups in total. The van der Waals surface area contributed by atoms with Crippen LogP contribution >= 0.6 is 0 Å². The molecule has 1 aliphatic rings. The summed E-state index contributed by atoms with van der Waals surface area (Å²) in [5.74, 6) is 2.17. The van der Waals surface area contributed by atoms with Gasteiger partial charge in [-0.25, -0.2) is 4.98 Å². The fourth-order valence-electron chi connectivity index (χ4n) is 3.27. The van der Waals surface area contributed by atoms with Crippen molar-refractivity contribution in [2.75, 3.05) is 10.2 Å². The van der Waals surface area contributed by atoms with E-state index in [1.807, 2.05) is 0 Å². The van der Waals surface area contributed by atoms with Crippen LogP contribution in [0.2, 0.25) is 0 Å². The van der Waals surface area contributed by atoms with Gasteiger partial charge in [0.2, 0.25) is 5.95 Å². The number of fused-ring (bicyclic) bond motifs is 1. The van der Waals surface area contributed by atoms with E-state index in [1.54, 1.807) is 0 Å². The summed E-state index contributed by atoms with van der Waals surface area (Å²) in [6.07, 6.45) is 2.11. The summed E-state index contributed by atoms with van der Waals surface area (Å²) in [4.78, 5) is 12.0. The van der Waals surface area contributed by atoms with E-state index in [2.05, 4.69) is 75.2 Å². The largest absolute Gasteiger partial charge is 0.352 e. The number of hydrogen-bond acceptors (Lipinski definition) is 4. The van der Waals surface area contributed by atoms with Gasteiger partial charge in [-0.1, -0.05) is 45.0 Å². The summed E-state index contributed by atoms with van der Waals surface area (Å²) in [6, 6.07) is 11.7. The van der Waals surface area contributed by atoms with Gasteiger partial charge in [0.1, 0.15) is 5.82 Å². The average molecular weight is 338 g/mol. The van der Waals surface area contributed by atoms with Crippen molar-refractivity contribution in [3.05, 3.63) is 47.2 Å². The Morgan fingerprint density at radius 3 is 2.56 bits per heavy atom. The van der Waals surface area contributed by atoms with Crippen molar-refractivity contribution in [2.45, 2.75) is 72.0 Å². The monoisotopic (exact) mass is 338 g/mol. The van der Waals surface area contributed by atoms with Crippen LogP contribution in [0.5, 0.6) is 0 Å². The molecule has 4 heteroatoms. The van der Waals surface area contributed by atoms with Crippen LogP contribution in [0.25, 0.3) is 0 Å². The molecule has 4 nitrogen and oxygen atoms in total. The minimum atomic E-state index is 0.370. The standard InChI is InChI=1S/C21H30N4/c1-6-15(4)22-21-23-19(14(2)3)12-20(24-21)25-13-18-10-8-7-9-17(18)11-16(25)5/h7-10,12,14-16H,6,11,13H2,1-5H3,(H,22,23,24)/t15-,16+/m0/s1. The predicted octanol–water partition coefficient (Wildman–Crippen LogP) is 4.76. The summed E-state index contributed by atoms with van der Waals surface area (Å²) in [5.41, 5.74) is 3.96. The van der Waals surface area contributed by atoms with E-state index in [0.29, 0.717) is 18.0 Å². The molecule has 3 rings (SSSR count). The number of nitrogens with one attached hydrogen (secondary N) is 1. The lowest BCUT2D eigenvalue weighted by Gasteiger charge is -2.36. The Labute approximate surface area is 151 Å². The highest BCUT2D eigenvalue weighted by atomic mass is 15.3. The van der Waals surface area contributed by atoms with E-state index in [-0.39, 0.29) is 0 Å². The van der Waals surface area contributed by atoms with Crippen molar-refractivity contribution < 1.29 is 0 Å². The lowest BCUT2D eigenvalue weighted by molar-refractivity contribution is 0.585. The molecule has 0 spiro atoms. The molecule has 2 heterocycles. The zero-order chi connectivity index (χ0) is 18.0. The Kier molecular flexibility index (Phi) is 5.26. The van der Waals surface area contributed by atoms with Gasteiger partial charge in [0.25, 0.3) is 0 Å². The molecular formula is C21H30N4. The van der Waals surface area contributed by atoms with Crippen LogP contribution in [-0.4, -0.2) is 22.1 Å². The molecule has 0 radical (unpaired) electrons. The first-order valence-electron chi connectivity index (χ1n) is 9.46. The molecule has 0 saturated heterocycles. The summed E-state index contributed by atoms with van der Waals surface area (Å²) in [6.45, 7) is 11.9. The molecule has 2 aromatic rings. The van der Waals surface area contributed by atoms with Crippen molar-refractivity contribution in [3.8, 4) is 0 Å². The number of rotatable bonds is 5. The van der Waals surface area contributed by atoms with Crippen molar-refractivity contribution in [3.63, 3.8) is 0 Å². The van der Waals surface area contributed by atoms with Gasteiger partial charge in [-0.05, 0) is 43.7 Å². The molecule has 25 heavy (non-hydrogen) atoms. The summed E-state index contributed by atoms with van der Waals surface area (Å²) in [5, 5.41) is 3.45. The van der Waals surface area contributed by atoms with Crippen LogP contribution in [0.15, 0.2) is 30.3 Å². The highest BCUT2D eigenvalue weighted by Gasteiger charge is 2.25. The maximum Gasteiger partial charge on any atom is 0.225 e. The molecule has 134 valence electrons. The minimum absolute atomic E-state index is 0.370. The Hall–Kier alpha value is -2.10. The van der Waals surface area contributed by atoms with Crippen molar-refractivity contribution in [1.29, 1.82) is 0 Å². The second-order valence-corrected chi connectivity index (χ2v) is 7.53. The average Bonchev–Trinajstić information content (AvgIpc) is 2.60. The van der Waals surface area contributed by atoms with Crippen molar-refractivity contribution >= 4 is 11.8 Å². The van der Waals surface area contributed by atoms with Gasteiger partial charge in [-0.15, -0.1) is 0 Å². The molecule has 2 atom stereocenters. The molecular weight excluding hydrogens is 308 g/mol. The van der Waals surface area contributed by atoms with E-state index in [9.17, 15) is 0 Å². The van der Waals surface area contributed by atoms with Crippen LogP contribution in [0.4, 0.5) is 11.8 Å². The molecule has 1 aromatic heterocycles. The SMILES string of the molecule is CC[C@H](C)Nc1nc(C(C)C)cc(N2Cc3ccccc3C[C@H]2C)n1. The van der Waals surface area contributed by atoms with Crippen LogP contribution in [0.3, 0.4) is 0 Å². The maximum absolute atomic E-state index is 4.85. The topological polar surface area (TPSA) is 41.1 Å². The third kappa shape index (κ3) is 3.94. The molecule has 0 amide bonds. The number of aromatic nitrogens is 2. The number of nitrogens with zero attached hydrogens (tertiary/aromatic N) is 3. The van der Waals surface area contributed by atoms with E-state index in [0.717, 1.165) is 36.8 Å². The van der Waals surface area contributed by atoms with E-state index in [4.69, 9.17) is 9.97 Å². The van der Waals surface area contributed by atoms with Gasteiger partial charge in [0.15, 0.2) is 0 Å². The lowest BCUT2D eigenvalue weighted by Crippen LogP contribution is -2.39. The molecule has 1 aliphatic heterocycles. The highest BCUT2D eigenvalue weighted by molar-refractivity contribution is 5.50. The Morgan fingerprint density at radius 1 is 1.16 bits per heavy atom. The van der Waals surface area contributed by atoms with Crippen molar-refractivity contribution in [1.82, 2.24) is 9.97 Å². The van der Waals surface area contributed by atoms with Gasteiger partial charge in [-0.2, -0.15) is 4.98 Å². The van der Waals surface area contributed by atoms with E-state index < -0.39 is 0 Å². The second kappa shape index (κ2) is 7.42. The summed E-state index contributed by atoms with van der Waals surface area (Å²) < 4.78 is 0. The predicted molar refractivity (Wildman–Crippen MR) is 105 cm³/mol. The third-order valence-electron chi connectivity index (χ3n) is 5.11. The molecule has 0 unspecified atom stereocenters. The lowest BCUT2D eigenvalue weighted by atomic mass is 9.95. The first-order valence-corrected chi connectivity index (χ1v) is 9.46. The first kappa shape index (κ1) is 17.7. The Balaban J connectivity index is 1.95. The van der Waals surface area contributed by atoms with Crippen molar-refractivity contribution in [2.24, 2.45) is 0 Å². The van der Waals surface area contributed by atoms with Crippen LogP contribution < -0.4 is 10.2 Å². The van der Waals surface area contributed by atoms with Crippen LogP contribution in [-0.2, 0) is 13.0 Å². The van der Waals surface area contributed by atoms with Gasteiger partial charge in [0.05, 0.1) is 5.69 Å².